The Balaban J connectivity index is 2.28. The van der Waals surface area contributed by atoms with E-state index in [1.54, 1.807) is 30.3 Å². The first-order valence-electron chi connectivity index (χ1n) is 4.80. The molecule has 0 spiro atoms. The number of rotatable bonds is 2. The van der Waals surface area contributed by atoms with E-state index in [0.717, 1.165) is 0 Å². The molecule has 17 heavy (non-hydrogen) atoms. The smallest absolute Gasteiger partial charge is 0.149 e. The maximum atomic E-state index is 6.02. The Morgan fingerprint density at radius 1 is 1.06 bits per heavy atom. The van der Waals surface area contributed by atoms with Crippen LogP contribution < -0.4 is 16.8 Å². The molecule has 0 amide bonds. The molecule has 1 heterocycles. The number of nitrogens with one attached hydrogen (secondary N) is 1. The maximum absolute atomic E-state index is 6.02. The third kappa shape index (κ3) is 2.72. The Morgan fingerprint density at radius 2 is 1.82 bits per heavy atom. The molecule has 2 aromatic rings. The number of nitrogens with zero attached hydrogens (tertiary/aromatic N) is 1. The van der Waals surface area contributed by atoms with E-state index in [1.807, 2.05) is 0 Å². The highest BCUT2D eigenvalue weighted by atomic mass is 35.5. The van der Waals surface area contributed by atoms with E-state index in [9.17, 15) is 0 Å². The Morgan fingerprint density at radius 3 is 2.47 bits per heavy atom. The molecule has 0 aliphatic heterocycles. The molecule has 0 aliphatic carbocycles. The summed E-state index contributed by atoms with van der Waals surface area (Å²) in [5, 5.41) is 4.11. The van der Waals surface area contributed by atoms with Gasteiger partial charge < -0.3 is 16.8 Å². The van der Waals surface area contributed by atoms with Gasteiger partial charge in [-0.25, -0.2) is 4.98 Å². The second-order valence-corrected chi connectivity index (χ2v) is 4.26. The van der Waals surface area contributed by atoms with Crippen LogP contribution in [0, 0.1) is 0 Å². The highest BCUT2D eigenvalue weighted by Gasteiger charge is 2.04. The molecule has 0 fully saturated rings. The molecule has 5 N–H and O–H groups in total. The van der Waals surface area contributed by atoms with Gasteiger partial charge in [-0.1, -0.05) is 23.2 Å². The minimum absolute atomic E-state index is 0.278. The van der Waals surface area contributed by atoms with Crippen LogP contribution in [0.4, 0.5) is 23.0 Å². The van der Waals surface area contributed by atoms with Crippen molar-refractivity contribution in [3.8, 4) is 0 Å². The average Bonchev–Trinajstić information content (AvgIpc) is 2.27. The van der Waals surface area contributed by atoms with Crippen LogP contribution in [0.25, 0.3) is 0 Å². The first kappa shape index (κ1) is 11.8. The number of pyridine rings is 1. The molecule has 88 valence electrons. The molecule has 0 aliphatic rings. The number of nitrogens with two attached hydrogens (primary N) is 2. The lowest BCUT2D eigenvalue weighted by Crippen LogP contribution is -2.01. The standard InChI is InChI=1S/C11H10Cl2N4/c12-6-1-3-9(7(13)5-6)16-10-4-2-8(14)11(15)17-10/h1-5H,14H2,(H3,15,16,17). The van der Waals surface area contributed by atoms with Crippen molar-refractivity contribution in [2.24, 2.45) is 0 Å². The van der Waals surface area contributed by atoms with Gasteiger partial charge in [0.25, 0.3) is 0 Å². The van der Waals surface area contributed by atoms with Crippen molar-refractivity contribution in [3.05, 3.63) is 40.4 Å². The monoisotopic (exact) mass is 268 g/mol. The maximum Gasteiger partial charge on any atom is 0.149 e. The van der Waals surface area contributed by atoms with E-state index in [0.29, 0.717) is 27.2 Å². The third-order valence-corrected chi connectivity index (χ3v) is 2.70. The third-order valence-electron chi connectivity index (χ3n) is 2.15. The van der Waals surface area contributed by atoms with E-state index in [1.165, 1.54) is 0 Å². The normalized spacial score (nSPS) is 10.2. The number of hydrogen-bond donors (Lipinski definition) is 3. The average molecular weight is 269 g/mol. The van der Waals surface area contributed by atoms with Gasteiger partial charge in [0.05, 0.1) is 16.4 Å². The van der Waals surface area contributed by atoms with E-state index in [4.69, 9.17) is 34.7 Å². The summed E-state index contributed by atoms with van der Waals surface area (Å²) in [5.74, 6) is 0.848. The van der Waals surface area contributed by atoms with E-state index in [2.05, 4.69) is 10.3 Å². The van der Waals surface area contributed by atoms with Gasteiger partial charge in [-0.15, -0.1) is 0 Å². The summed E-state index contributed by atoms with van der Waals surface area (Å²) < 4.78 is 0. The van der Waals surface area contributed by atoms with Crippen molar-refractivity contribution >= 4 is 46.2 Å². The molecule has 0 bridgehead atoms. The summed E-state index contributed by atoms with van der Waals surface area (Å²) >= 11 is 11.8. The van der Waals surface area contributed by atoms with Gasteiger partial charge in [-0.2, -0.15) is 0 Å². The van der Waals surface area contributed by atoms with Gasteiger partial charge in [0.2, 0.25) is 0 Å². The van der Waals surface area contributed by atoms with Crippen LogP contribution in [0.2, 0.25) is 10.0 Å². The van der Waals surface area contributed by atoms with Gasteiger partial charge >= 0.3 is 0 Å². The second kappa shape index (κ2) is 4.69. The molecule has 0 saturated carbocycles. The predicted molar refractivity (Wildman–Crippen MR) is 72.8 cm³/mol. The Hall–Kier alpha value is -1.65. The topological polar surface area (TPSA) is 77.0 Å². The number of anilines is 4. The van der Waals surface area contributed by atoms with E-state index < -0.39 is 0 Å². The first-order chi connectivity index (χ1) is 8.06. The van der Waals surface area contributed by atoms with Crippen LogP contribution in [-0.2, 0) is 0 Å². The van der Waals surface area contributed by atoms with Crippen LogP contribution in [-0.4, -0.2) is 4.98 Å². The molecule has 0 saturated heterocycles. The largest absolute Gasteiger partial charge is 0.396 e. The van der Waals surface area contributed by atoms with Gasteiger partial charge in [-0.3, -0.25) is 0 Å². The summed E-state index contributed by atoms with van der Waals surface area (Å²) in [5.41, 5.74) is 12.3. The van der Waals surface area contributed by atoms with Crippen LogP contribution in [0.15, 0.2) is 30.3 Å². The molecule has 0 unspecified atom stereocenters. The molecule has 6 heteroatoms. The fraction of sp³-hybridized carbons (Fsp3) is 0. The van der Waals surface area contributed by atoms with Crippen molar-refractivity contribution in [1.82, 2.24) is 4.98 Å². The second-order valence-electron chi connectivity index (χ2n) is 3.42. The molecule has 4 nitrogen and oxygen atoms in total. The molecular weight excluding hydrogens is 259 g/mol. The van der Waals surface area contributed by atoms with Gasteiger partial charge in [0, 0.05) is 5.02 Å². The van der Waals surface area contributed by atoms with Crippen LogP contribution in [0.3, 0.4) is 0 Å². The lowest BCUT2D eigenvalue weighted by atomic mass is 10.3. The molecule has 1 aromatic carbocycles. The zero-order chi connectivity index (χ0) is 12.4. The molecule has 0 atom stereocenters. The van der Waals surface area contributed by atoms with Crippen LogP contribution in [0.1, 0.15) is 0 Å². The number of hydrogen-bond acceptors (Lipinski definition) is 4. The Bertz CT molecular complexity index is 557. The highest BCUT2D eigenvalue weighted by molar-refractivity contribution is 6.36. The van der Waals surface area contributed by atoms with Crippen LogP contribution in [0.5, 0.6) is 0 Å². The minimum Gasteiger partial charge on any atom is -0.396 e. The predicted octanol–water partition coefficient (Wildman–Crippen LogP) is 3.30. The number of nitrogen functional groups attached to an aromatic ring is 2. The van der Waals surface area contributed by atoms with E-state index >= 15 is 0 Å². The molecule has 2 rings (SSSR count). The summed E-state index contributed by atoms with van der Waals surface area (Å²) in [6.45, 7) is 0. The number of halogens is 2. The number of aromatic nitrogens is 1. The lowest BCUT2D eigenvalue weighted by Gasteiger charge is -2.09. The van der Waals surface area contributed by atoms with Crippen molar-refractivity contribution in [3.63, 3.8) is 0 Å². The summed E-state index contributed by atoms with van der Waals surface area (Å²) in [4.78, 5) is 4.08. The zero-order valence-corrected chi connectivity index (χ0v) is 10.3. The number of benzene rings is 1. The van der Waals surface area contributed by atoms with E-state index in [-0.39, 0.29) is 5.82 Å². The summed E-state index contributed by atoms with van der Waals surface area (Å²) in [7, 11) is 0. The fourth-order valence-electron chi connectivity index (χ4n) is 1.28. The summed E-state index contributed by atoms with van der Waals surface area (Å²) in [6, 6.07) is 8.53. The van der Waals surface area contributed by atoms with Crippen molar-refractivity contribution < 1.29 is 0 Å². The lowest BCUT2D eigenvalue weighted by molar-refractivity contribution is 1.32. The first-order valence-corrected chi connectivity index (χ1v) is 5.56. The molecule has 0 radical (unpaired) electrons. The minimum atomic E-state index is 0.278. The zero-order valence-electron chi connectivity index (χ0n) is 8.74. The molecule has 1 aromatic heterocycles. The Labute approximate surface area is 109 Å². The van der Waals surface area contributed by atoms with Crippen molar-refractivity contribution in [2.45, 2.75) is 0 Å². The molecular formula is C11H10Cl2N4. The SMILES string of the molecule is Nc1ccc(Nc2ccc(Cl)cc2Cl)nc1N. The van der Waals surface area contributed by atoms with Gasteiger partial charge in [-0.05, 0) is 30.3 Å². The fourth-order valence-corrected chi connectivity index (χ4v) is 1.74. The van der Waals surface area contributed by atoms with Gasteiger partial charge in [0.1, 0.15) is 11.6 Å². The van der Waals surface area contributed by atoms with Crippen molar-refractivity contribution in [2.75, 3.05) is 16.8 Å². The van der Waals surface area contributed by atoms with Crippen LogP contribution >= 0.6 is 23.2 Å². The quantitative estimate of drug-likeness (QED) is 0.781. The van der Waals surface area contributed by atoms with Gasteiger partial charge in [0.15, 0.2) is 0 Å². The highest BCUT2D eigenvalue weighted by Crippen LogP contribution is 2.28. The summed E-state index contributed by atoms with van der Waals surface area (Å²) in [6.07, 6.45) is 0. The van der Waals surface area contributed by atoms with Crippen molar-refractivity contribution in [1.29, 1.82) is 0 Å². The Kier molecular flexibility index (Phi) is 3.26.